The molecule has 0 radical (unpaired) electrons. The van der Waals surface area contributed by atoms with Gasteiger partial charge in [0, 0.05) is 0 Å². The van der Waals surface area contributed by atoms with Crippen molar-refractivity contribution in [2.24, 2.45) is 11.8 Å². The molecule has 1 aliphatic carbocycles. The maximum absolute atomic E-state index is 11.9. The number of hydrogen-bond donors (Lipinski definition) is 0. The molecular formula is C11H14NO4-. The second kappa shape index (κ2) is 3.88. The van der Waals surface area contributed by atoms with Crippen LogP contribution in [0.15, 0.2) is 0 Å². The van der Waals surface area contributed by atoms with E-state index in [1.165, 1.54) is 6.92 Å². The normalized spacial score (nSPS) is 31.4. The topological polar surface area (TPSA) is 77.5 Å². The third-order valence-corrected chi connectivity index (χ3v) is 3.60. The van der Waals surface area contributed by atoms with Gasteiger partial charge in [0.05, 0.1) is 23.8 Å². The largest absolute Gasteiger partial charge is 0.548 e. The number of rotatable bonds is 2. The quantitative estimate of drug-likeness (QED) is 0.581. The van der Waals surface area contributed by atoms with Gasteiger partial charge in [0.15, 0.2) is 0 Å². The molecule has 0 N–H and O–H groups in total. The highest BCUT2D eigenvalue weighted by Crippen LogP contribution is 2.38. The standard InChI is InChI=1S/C11H15NO4/c1-6(11(15)16)12-9(13)7-4-2-3-5-8(7)10(12)14/h6-8H,2-5H2,1H3,(H,15,16)/p-1/t6-,7-,8-/m0/s1. The van der Waals surface area contributed by atoms with E-state index in [9.17, 15) is 19.5 Å². The van der Waals surface area contributed by atoms with Gasteiger partial charge < -0.3 is 9.90 Å². The lowest BCUT2D eigenvalue weighted by atomic mass is 9.81. The van der Waals surface area contributed by atoms with Gasteiger partial charge >= 0.3 is 0 Å². The summed E-state index contributed by atoms with van der Waals surface area (Å²) in [5.41, 5.74) is 0. The number of aliphatic carboxylic acids is 1. The van der Waals surface area contributed by atoms with E-state index >= 15 is 0 Å². The predicted octanol–water partition coefficient (Wildman–Crippen LogP) is -0.700. The van der Waals surface area contributed by atoms with Gasteiger partial charge in [0.1, 0.15) is 0 Å². The lowest BCUT2D eigenvalue weighted by Gasteiger charge is -2.23. The second-order valence-corrected chi connectivity index (χ2v) is 4.54. The minimum atomic E-state index is -1.37. The van der Waals surface area contributed by atoms with E-state index in [4.69, 9.17) is 0 Å². The van der Waals surface area contributed by atoms with Crippen LogP contribution >= 0.6 is 0 Å². The molecule has 1 aliphatic heterocycles. The van der Waals surface area contributed by atoms with E-state index in [-0.39, 0.29) is 23.7 Å². The third kappa shape index (κ3) is 1.50. The van der Waals surface area contributed by atoms with Crippen molar-refractivity contribution in [3.05, 3.63) is 0 Å². The van der Waals surface area contributed by atoms with Gasteiger partial charge in [-0.1, -0.05) is 12.8 Å². The fourth-order valence-corrected chi connectivity index (χ4v) is 2.68. The summed E-state index contributed by atoms with van der Waals surface area (Å²) in [4.78, 5) is 35.4. The van der Waals surface area contributed by atoms with Crippen molar-refractivity contribution in [1.29, 1.82) is 0 Å². The summed E-state index contributed by atoms with van der Waals surface area (Å²) >= 11 is 0. The maximum Gasteiger partial charge on any atom is 0.233 e. The predicted molar refractivity (Wildman–Crippen MR) is 51.8 cm³/mol. The molecule has 1 saturated heterocycles. The van der Waals surface area contributed by atoms with Gasteiger partial charge in [-0.15, -0.1) is 0 Å². The summed E-state index contributed by atoms with van der Waals surface area (Å²) in [6.45, 7) is 1.32. The maximum atomic E-state index is 11.9. The molecule has 0 spiro atoms. The Kier molecular flexibility index (Phi) is 2.69. The summed E-state index contributed by atoms with van der Waals surface area (Å²) in [5.74, 6) is -2.61. The van der Waals surface area contributed by atoms with E-state index in [0.29, 0.717) is 12.8 Å². The Morgan fingerprint density at radius 2 is 1.69 bits per heavy atom. The number of imide groups is 1. The number of nitrogens with zero attached hydrogens (tertiary/aromatic N) is 1. The highest BCUT2D eigenvalue weighted by Gasteiger charge is 2.49. The molecule has 0 bridgehead atoms. The Morgan fingerprint density at radius 1 is 1.25 bits per heavy atom. The van der Waals surface area contributed by atoms with Crippen molar-refractivity contribution in [3.63, 3.8) is 0 Å². The van der Waals surface area contributed by atoms with Crippen LogP contribution in [0.3, 0.4) is 0 Å². The Labute approximate surface area is 93.4 Å². The van der Waals surface area contributed by atoms with Crippen molar-refractivity contribution in [3.8, 4) is 0 Å². The van der Waals surface area contributed by atoms with Crippen molar-refractivity contribution >= 4 is 17.8 Å². The van der Waals surface area contributed by atoms with Crippen molar-refractivity contribution in [2.75, 3.05) is 0 Å². The van der Waals surface area contributed by atoms with E-state index in [1.807, 2.05) is 0 Å². The van der Waals surface area contributed by atoms with Crippen LogP contribution in [0, 0.1) is 11.8 Å². The molecule has 1 heterocycles. The fraction of sp³-hybridized carbons (Fsp3) is 0.727. The monoisotopic (exact) mass is 224 g/mol. The average molecular weight is 224 g/mol. The number of likely N-dealkylation sites (tertiary alicyclic amines) is 1. The summed E-state index contributed by atoms with van der Waals surface area (Å²) in [6, 6.07) is -1.15. The van der Waals surface area contributed by atoms with Crippen LogP contribution in [-0.4, -0.2) is 28.7 Å². The molecule has 5 nitrogen and oxygen atoms in total. The van der Waals surface area contributed by atoms with Gasteiger partial charge in [-0.3, -0.25) is 14.5 Å². The number of fused-ring (bicyclic) bond motifs is 1. The van der Waals surface area contributed by atoms with Crippen LogP contribution in [0.4, 0.5) is 0 Å². The first-order valence-electron chi connectivity index (χ1n) is 5.62. The lowest BCUT2D eigenvalue weighted by Crippen LogP contribution is -2.49. The molecule has 5 heteroatoms. The summed E-state index contributed by atoms with van der Waals surface area (Å²) in [7, 11) is 0. The van der Waals surface area contributed by atoms with Crippen LogP contribution in [0.5, 0.6) is 0 Å². The molecule has 0 unspecified atom stereocenters. The van der Waals surface area contributed by atoms with Gasteiger partial charge in [-0.2, -0.15) is 0 Å². The van der Waals surface area contributed by atoms with E-state index in [1.54, 1.807) is 0 Å². The van der Waals surface area contributed by atoms with Crippen molar-refractivity contribution < 1.29 is 19.5 Å². The summed E-state index contributed by atoms with van der Waals surface area (Å²) in [6.07, 6.45) is 3.28. The highest BCUT2D eigenvalue weighted by molar-refractivity contribution is 6.07. The van der Waals surface area contributed by atoms with Crippen LogP contribution in [0.25, 0.3) is 0 Å². The molecule has 16 heavy (non-hydrogen) atoms. The van der Waals surface area contributed by atoms with Crippen LogP contribution < -0.4 is 5.11 Å². The number of hydrogen-bond acceptors (Lipinski definition) is 4. The fourth-order valence-electron chi connectivity index (χ4n) is 2.68. The van der Waals surface area contributed by atoms with Gasteiger partial charge in [0.25, 0.3) is 0 Å². The minimum absolute atomic E-state index is 0.289. The number of carboxylic acid groups (broad SMARTS) is 1. The first-order valence-corrected chi connectivity index (χ1v) is 5.62. The molecular weight excluding hydrogens is 210 g/mol. The zero-order valence-electron chi connectivity index (χ0n) is 9.14. The van der Waals surface area contributed by atoms with Crippen LogP contribution in [-0.2, 0) is 14.4 Å². The summed E-state index contributed by atoms with van der Waals surface area (Å²) < 4.78 is 0. The molecule has 88 valence electrons. The first kappa shape index (κ1) is 11.1. The van der Waals surface area contributed by atoms with E-state index in [2.05, 4.69) is 0 Å². The zero-order valence-corrected chi connectivity index (χ0v) is 9.14. The summed E-state index contributed by atoms with van der Waals surface area (Å²) in [5, 5.41) is 10.7. The first-order chi connectivity index (χ1) is 7.54. The molecule has 0 aromatic heterocycles. The lowest BCUT2D eigenvalue weighted by molar-refractivity contribution is -0.310. The van der Waals surface area contributed by atoms with Crippen molar-refractivity contribution in [2.45, 2.75) is 38.6 Å². The molecule has 3 atom stereocenters. The Hall–Kier alpha value is -1.39. The molecule has 2 amide bonds. The van der Waals surface area contributed by atoms with Gasteiger partial charge in [0.2, 0.25) is 11.8 Å². The molecule has 1 saturated carbocycles. The third-order valence-electron chi connectivity index (χ3n) is 3.60. The molecule has 0 aromatic rings. The Balaban J connectivity index is 2.25. The Morgan fingerprint density at radius 3 is 2.06 bits per heavy atom. The van der Waals surface area contributed by atoms with Gasteiger partial charge in [-0.25, -0.2) is 0 Å². The average Bonchev–Trinajstić information content (AvgIpc) is 2.52. The minimum Gasteiger partial charge on any atom is -0.548 e. The molecule has 2 aliphatic rings. The Bertz CT molecular complexity index is 328. The smallest absolute Gasteiger partial charge is 0.233 e. The number of carboxylic acids is 1. The van der Waals surface area contributed by atoms with Crippen LogP contribution in [0.1, 0.15) is 32.6 Å². The van der Waals surface area contributed by atoms with E-state index in [0.717, 1.165) is 17.7 Å². The van der Waals surface area contributed by atoms with Gasteiger partial charge in [-0.05, 0) is 19.8 Å². The molecule has 0 aromatic carbocycles. The van der Waals surface area contributed by atoms with Crippen molar-refractivity contribution in [1.82, 2.24) is 4.90 Å². The van der Waals surface area contributed by atoms with E-state index < -0.39 is 12.0 Å². The highest BCUT2D eigenvalue weighted by atomic mass is 16.4. The molecule has 2 rings (SSSR count). The number of carbonyl (C=O) groups excluding carboxylic acids is 3. The number of amides is 2. The number of carbonyl (C=O) groups is 3. The second-order valence-electron chi connectivity index (χ2n) is 4.54. The molecule has 2 fully saturated rings. The van der Waals surface area contributed by atoms with Crippen LogP contribution in [0.2, 0.25) is 0 Å². The zero-order chi connectivity index (χ0) is 11.9. The SMILES string of the molecule is C[C@@H](C(=O)[O-])N1C(=O)[C@H]2CCCC[C@@H]2C1=O.